The number of fused-ring (bicyclic) bond motifs is 2. The topological polar surface area (TPSA) is 227 Å². The third kappa shape index (κ3) is 15.4. The van der Waals surface area contributed by atoms with Crippen LogP contribution >= 0.6 is 34.8 Å². The summed E-state index contributed by atoms with van der Waals surface area (Å²) in [6, 6.07) is 31.2. The standard InChI is InChI=1S/C28H30ClN5O4S.C18H11Cl2N3O2S.C10H20N2O2.2CH4/c1-28(2,3)38-27(35)33-15-13-19(14-16-33)31-26-30-17-23(29)25(32-26)22-18-34(24-12-8-7-11-21(22)24)39(36,37)20-9-5-4-6-10-20;19-15-10-21-18(20)22-17(15)14-11-23(16-9-5-4-8-13(14)16)26(24,25)12-6-2-1-3-7-12;1-10(2,3)14-9(13)12-6-4-8(11)5-7-12;;/h4-12,17-19H,13-16H2,1-3H3,(H,30,31,32);1-11H;8H,4-7,11H2,1-3H3;2*1H4. The highest BCUT2D eigenvalue weighted by molar-refractivity contribution is 7.90. The number of hydrogen-bond acceptors (Lipinski definition) is 14. The van der Waals surface area contributed by atoms with Crippen molar-refractivity contribution in [2.24, 2.45) is 5.73 Å². The van der Waals surface area contributed by atoms with Crippen LogP contribution < -0.4 is 11.1 Å². The van der Waals surface area contributed by atoms with Gasteiger partial charge in [0.15, 0.2) is 0 Å². The van der Waals surface area contributed by atoms with E-state index in [0.29, 0.717) is 81.2 Å². The molecule has 81 heavy (non-hydrogen) atoms. The van der Waals surface area contributed by atoms with Gasteiger partial charge in [0.1, 0.15) is 11.2 Å². The lowest BCUT2D eigenvalue weighted by atomic mass is 10.1. The van der Waals surface area contributed by atoms with Crippen molar-refractivity contribution < 1.29 is 35.9 Å². The molecule has 2 saturated heterocycles. The number of nitrogens with two attached hydrogens (primary N) is 1. The summed E-state index contributed by atoms with van der Waals surface area (Å²) < 4.78 is 66.5. The Kier molecular flexibility index (Phi) is 20.7. The third-order valence-corrected chi connectivity index (χ3v) is 16.7. The number of halogens is 3. The van der Waals surface area contributed by atoms with Gasteiger partial charge in [-0.2, -0.15) is 0 Å². The van der Waals surface area contributed by atoms with Crippen LogP contribution in [0, 0.1) is 0 Å². The lowest BCUT2D eigenvalue weighted by Crippen LogP contribution is -2.44. The van der Waals surface area contributed by atoms with Gasteiger partial charge in [-0.3, -0.25) is 0 Å². The molecule has 2 amide bonds. The summed E-state index contributed by atoms with van der Waals surface area (Å²) in [5.74, 6) is 0.382. The van der Waals surface area contributed by atoms with Gasteiger partial charge in [0.2, 0.25) is 11.2 Å². The Morgan fingerprint density at radius 3 is 1.38 bits per heavy atom. The zero-order chi connectivity index (χ0) is 56.9. The van der Waals surface area contributed by atoms with Crippen molar-refractivity contribution in [3.05, 3.63) is 149 Å². The molecule has 2 aliphatic rings. The molecular formula is C58H69Cl3N10O8S2. The van der Waals surface area contributed by atoms with Gasteiger partial charge < -0.3 is 30.3 Å². The average molecular weight is 1200 g/mol. The number of likely N-dealkylation sites (tertiary alicyclic amines) is 2. The fraction of sp³-hybridized carbons (Fsp3) is 0.345. The Bertz CT molecular complexity index is 3690. The smallest absolute Gasteiger partial charge is 0.410 e. The molecule has 10 rings (SSSR count). The van der Waals surface area contributed by atoms with Crippen LogP contribution in [0.3, 0.4) is 0 Å². The highest BCUT2D eigenvalue weighted by atomic mass is 35.5. The number of piperidine rings is 2. The van der Waals surface area contributed by atoms with Crippen molar-refractivity contribution in [2.75, 3.05) is 31.5 Å². The first-order chi connectivity index (χ1) is 37.4. The van der Waals surface area contributed by atoms with Gasteiger partial charge in [0.25, 0.3) is 20.0 Å². The predicted molar refractivity (Wildman–Crippen MR) is 322 cm³/mol. The van der Waals surface area contributed by atoms with E-state index in [2.05, 4.69) is 25.3 Å². The molecule has 8 aromatic rings. The van der Waals surface area contributed by atoms with Crippen LogP contribution in [0.1, 0.15) is 82.1 Å². The van der Waals surface area contributed by atoms with E-state index in [9.17, 15) is 26.4 Å². The molecule has 4 aromatic heterocycles. The summed E-state index contributed by atoms with van der Waals surface area (Å²) in [4.78, 5) is 44.9. The van der Waals surface area contributed by atoms with Gasteiger partial charge in [-0.25, -0.2) is 54.3 Å². The van der Waals surface area contributed by atoms with Gasteiger partial charge in [0, 0.05) is 72.6 Å². The number of rotatable bonds is 8. The maximum Gasteiger partial charge on any atom is 0.410 e. The van der Waals surface area contributed by atoms with E-state index in [-0.39, 0.29) is 59.2 Å². The monoisotopic (exact) mass is 1200 g/mol. The van der Waals surface area contributed by atoms with Gasteiger partial charge in [-0.15, -0.1) is 0 Å². The third-order valence-electron chi connectivity index (χ3n) is 12.6. The van der Waals surface area contributed by atoms with Gasteiger partial charge >= 0.3 is 12.2 Å². The number of ether oxygens (including phenoxy) is 2. The molecule has 0 saturated carbocycles. The minimum absolute atomic E-state index is 0. The van der Waals surface area contributed by atoms with E-state index in [1.54, 1.807) is 101 Å². The number of amides is 2. The van der Waals surface area contributed by atoms with E-state index in [1.165, 1.54) is 26.5 Å². The molecule has 18 nitrogen and oxygen atoms in total. The maximum absolute atomic E-state index is 13.5. The Balaban J connectivity index is 0.000000216. The zero-order valence-electron chi connectivity index (χ0n) is 44.4. The molecule has 0 atom stereocenters. The lowest BCUT2D eigenvalue weighted by molar-refractivity contribution is 0.0197. The Labute approximate surface area is 489 Å². The molecule has 2 aliphatic heterocycles. The molecule has 0 radical (unpaired) electrons. The molecular weight excluding hydrogens is 1140 g/mol. The average Bonchev–Trinajstić information content (AvgIpc) is 4.04. The number of nitrogens with one attached hydrogen (secondary N) is 1. The number of hydrogen-bond donors (Lipinski definition) is 2. The molecule has 0 bridgehead atoms. The molecule has 0 unspecified atom stereocenters. The van der Waals surface area contributed by atoms with Crippen molar-refractivity contribution in [3.63, 3.8) is 0 Å². The molecule has 0 spiro atoms. The van der Waals surface area contributed by atoms with Crippen molar-refractivity contribution in [1.29, 1.82) is 0 Å². The van der Waals surface area contributed by atoms with E-state index < -0.39 is 31.2 Å². The van der Waals surface area contributed by atoms with Crippen molar-refractivity contribution in [2.45, 2.75) is 115 Å². The first-order valence-electron chi connectivity index (χ1n) is 25.4. The normalized spacial score (nSPS) is 14.3. The van der Waals surface area contributed by atoms with E-state index in [0.717, 1.165) is 25.9 Å². The van der Waals surface area contributed by atoms with Crippen LogP contribution in [0.15, 0.2) is 144 Å². The van der Waals surface area contributed by atoms with Crippen LogP contribution in [0.2, 0.25) is 15.3 Å². The highest BCUT2D eigenvalue weighted by Crippen LogP contribution is 2.38. The molecule has 6 heterocycles. The fourth-order valence-corrected chi connectivity index (χ4v) is 12.1. The first-order valence-corrected chi connectivity index (χ1v) is 29.4. The molecule has 4 aromatic carbocycles. The molecule has 432 valence electrons. The van der Waals surface area contributed by atoms with Gasteiger partial charge in [-0.05, 0) is 115 Å². The van der Waals surface area contributed by atoms with Crippen molar-refractivity contribution >= 4 is 94.8 Å². The zero-order valence-corrected chi connectivity index (χ0v) is 48.3. The molecule has 23 heteroatoms. The number of carbonyl (C=O) groups is 2. The second-order valence-corrected chi connectivity index (χ2v) is 25.5. The summed E-state index contributed by atoms with van der Waals surface area (Å²) in [6.07, 6.45) is 8.60. The highest BCUT2D eigenvalue weighted by Gasteiger charge is 2.30. The summed E-state index contributed by atoms with van der Waals surface area (Å²) in [7, 11) is -7.63. The predicted octanol–water partition coefficient (Wildman–Crippen LogP) is 13.1. The number of para-hydroxylation sites is 2. The summed E-state index contributed by atoms with van der Waals surface area (Å²) in [5, 5.41) is 5.38. The van der Waals surface area contributed by atoms with E-state index in [1.807, 2.05) is 65.8 Å². The maximum atomic E-state index is 13.5. The number of anilines is 1. The lowest BCUT2D eigenvalue weighted by Gasteiger charge is -2.33. The number of carbonyl (C=O) groups excluding carboxylic acids is 2. The largest absolute Gasteiger partial charge is 0.444 e. The molecule has 0 aliphatic carbocycles. The minimum atomic E-state index is -3.85. The van der Waals surface area contributed by atoms with Crippen molar-refractivity contribution in [3.8, 4) is 22.5 Å². The van der Waals surface area contributed by atoms with Crippen LogP contribution in [-0.2, 0) is 29.5 Å². The second kappa shape index (κ2) is 26.4. The van der Waals surface area contributed by atoms with Crippen LogP contribution in [0.25, 0.3) is 44.3 Å². The first kappa shape index (κ1) is 63.4. The Hall–Kier alpha value is -6.81. The number of nitrogens with zero attached hydrogens (tertiary/aromatic N) is 8. The summed E-state index contributed by atoms with van der Waals surface area (Å²) >= 11 is 18.7. The van der Waals surface area contributed by atoms with Gasteiger partial charge in [0.05, 0.1) is 54.7 Å². The van der Waals surface area contributed by atoms with E-state index in [4.69, 9.17) is 50.0 Å². The molecule has 3 N–H and O–H groups in total. The summed E-state index contributed by atoms with van der Waals surface area (Å²) in [5.41, 5.74) is 7.81. The Morgan fingerprint density at radius 1 is 0.568 bits per heavy atom. The van der Waals surface area contributed by atoms with Crippen molar-refractivity contribution in [1.82, 2.24) is 37.7 Å². The van der Waals surface area contributed by atoms with Gasteiger partial charge in [-0.1, -0.05) is 111 Å². The fourth-order valence-electron chi connectivity index (χ4n) is 8.77. The Morgan fingerprint density at radius 2 is 0.951 bits per heavy atom. The second-order valence-electron chi connectivity index (χ2n) is 20.8. The minimum Gasteiger partial charge on any atom is -0.444 e. The number of aromatic nitrogens is 6. The van der Waals surface area contributed by atoms with E-state index >= 15 is 0 Å². The van der Waals surface area contributed by atoms with Crippen LogP contribution in [-0.4, -0.2) is 116 Å². The molecule has 2 fully saturated rings. The van der Waals surface area contributed by atoms with Crippen LogP contribution in [0.4, 0.5) is 15.5 Å². The number of benzene rings is 4. The quantitative estimate of drug-likeness (QED) is 0.135. The summed E-state index contributed by atoms with van der Waals surface area (Å²) in [6.45, 7) is 13.7. The van der Waals surface area contributed by atoms with Crippen LogP contribution in [0.5, 0.6) is 0 Å². The SMILES string of the molecule is C.C.CC(C)(C)OC(=O)N1CCC(N)CC1.CC(C)(C)OC(=O)N1CCC(Nc2ncc(Cl)c(-c3cn(S(=O)(=O)c4ccccc4)c4ccccc34)n2)CC1.O=S(=O)(c1ccccc1)n1cc(-c2nc(Cl)ncc2Cl)c2ccccc21.